The van der Waals surface area contributed by atoms with Crippen LogP contribution < -0.4 is 10.4 Å². The van der Waals surface area contributed by atoms with Crippen molar-refractivity contribution in [2.75, 3.05) is 0 Å². The van der Waals surface area contributed by atoms with Crippen molar-refractivity contribution in [3.05, 3.63) is 59.0 Å². The summed E-state index contributed by atoms with van der Waals surface area (Å²) in [5.74, 6) is -0.216. The molecular weight excluding hydrogens is 496 g/mol. The molecule has 3 aromatic rings. The van der Waals surface area contributed by atoms with Gasteiger partial charge in [0.15, 0.2) is 0 Å². The Kier molecular flexibility index (Phi) is 11.4. The van der Waals surface area contributed by atoms with Gasteiger partial charge >= 0.3 is 11.9 Å². The third-order valence-corrected chi connectivity index (χ3v) is 6.72. The zero-order chi connectivity index (χ0) is 29.2. The maximum atomic E-state index is 12.0. The van der Waals surface area contributed by atoms with Gasteiger partial charge in [0.25, 0.3) is 0 Å². The van der Waals surface area contributed by atoms with Gasteiger partial charge < -0.3 is 9.47 Å². The first-order chi connectivity index (χ1) is 18.9. The Hall–Kier alpha value is -3.14. The van der Waals surface area contributed by atoms with Crippen molar-refractivity contribution >= 4 is 45.6 Å². The monoisotopic (exact) mass is 544 g/mol. The van der Waals surface area contributed by atoms with Gasteiger partial charge in [0.05, 0.1) is 0 Å². The molecule has 0 aliphatic rings. The number of carbonyl (C=O) groups is 2. The molecule has 0 aliphatic carbocycles. The predicted molar refractivity (Wildman–Crippen MR) is 167 cm³/mol. The second-order valence-corrected chi connectivity index (χ2v) is 12.7. The van der Waals surface area contributed by atoms with Crippen molar-refractivity contribution < 1.29 is 19.1 Å². The van der Waals surface area contributed by atoms with Crippen LogP contribution in [0.15, 0.2) is 48.5 Å². The maximum absolute atomic E-state index is 12.0. The Morgan fingerprint density at radius 3 is 1.18 bits per heavy atom. The highest BCUT2D eigenvalue weighted by atomic mass is 16.6. The van der Waals surface area contributed by atoms with Gasteiger partial charge in [-0.3, -0.25) is 9.59 Å². The second-order valence-electron chi connectivity index (χ2n) is 12.7. The third-order valence-electron chi connectivity index (χ3n) is 6.72. The van der Waals surface area contributed by atoms with Gasteiger partial charge in [-0.05, 0) is 112 Å². The summed E-state index contributed by atoms with van der Waals surface area (Å²) in [7, 11) is 0. The molecule has 3 aromatic carbocycles. The van der Waals surface area contributed by atoms with Crippen molar-refractivity contribution in [2.24, 2.45) is 0 Å². The van der Waals surface area contributed by atoms with Gasteiger partial charge in [0, 0.05) is 12.8 Å². The minimum absolute atomic E-state index is 0.108. The molecule has 216 valence electrons. The van der Waals surface area contributed by atoms with Gasteiger partial charge in [0.1, 0.15) is 11.2 Å². The molecule has 0 atom stereocenters. The van der Waals surface area contributed by atoms with Crippen LogP contribution in [0.4, 0.5) is 0 Å². The van der Waals surface area contributed by atoms with E-state index >= 15 is 0 Å². The number of hydrogen-bond donors (Lipinski definition) is 0. The highest BCUT2D eigenvalue weighted by Gasteiger charge is 2.16. The number of ether oxygens (including phenoxy) is 2. The molecule has 4 nitrogen and oxygen atoms in total. The molecule has 40 heavy (non-hydrogen) atoms. The summed E-state index contributed by atoms with van der Waals surface area (Å²) in [6, 6.07) is 17.4. The molecule has 3 rings (SSSR count). The fourth-order valence-corrected chi connectivity index (χ4v) is 5.09. The smallest absolute Gasteiger partial charge is 0.306 e. The van der Waals surface area contributed by atoms with Crippen LogP contribution in [0.3, 0.4) is 0 Å². The summed E-state index contributed by atoms with van der Waals surface area (Å²) in [6.07, 6.45) is 13.5. The van der Waals surface area contributed by atoms with Gasteiger partial charge in [-0.2, -0.15) is 0 Å². The summed E-state index contributed by atoms with van der Waals surface area (Å²) >= 11 is 0. The summed E-state index contributed by atoms with van der Waals surface area (Å²) in [6.45, 7) is 11.5. The Morgan fingerprint density at radius 2 is 0.875 bits per heavy atom. The molecule has 0 amide bonds. The van der Waals surface area contributed by atoms with Crippen LogP contribution >= 0.6 is 0 Å². The summed E-state index contributed by atoms with van der Waals surface area (Å²) in [4.78, 5) is 24.0. The first-order valence-corrected chi connectivity index (χ1v) is 15.0. The molecule has 0 aromatic heterocycles. The number of unbranched alkanes of at least 4 members (excludes halogenated alkanes) is 6. The molecule has 0 radical (unpaired) electrons. The normalized spacial score (nSPS) is 11.9. The number of rotatable bonds is 12. The lowest BCUT2D eigenvalue weighted by atomic mass is 9.96. The first kappa shape index (κ1) is 31.4. The van der Waals surface area contributed by atoms with Crippen LogP contribution in [0, 0.1) is 0 Å². The average Bonchev–Trinajstić information content (AvgIpc) is 2.86. The van der Waals surface area contributed by atoms with Gasteiger partial charge in [-0.25, -0.2) is 0 Å². The SMILES string of the molecule is CC(C)(C)OC(=O)CCCCCC=c1c2ccccc2c(=CCCCCCC(=O)OC(C)(C)C)c2ccccc12. The number of hydrogen-bond acceptors (Lipinski definition) is 4. The molecular formula is C36H48O4. The fourth-order valence-electron chi connectivity index (χ4n) is 5.09. The van der Waals surface area contributed by atoms with Gasteiger partial charge in [0.2, 0.25) is 0 Å². The third kappa shape index (κ3) is 10.1. The van der Waals surface area contributed by atoms with E-state index in [0.29, 0.717) is 12.8 Å². The molecule has 0 heterocycles. The van der Waals surface area contributed by atoms with Crippen LogP contribution in [-0.2, 0) is 19.1 Å². The molecule has 0 saturated heterocycles. The zero-order valence-electron chi connectivity index (χ0n) is 25.5. The highest BCUT2D eigenvalue weighted by molar-refractivity contribution is 6.00. The number of esters is 2. The maximum Gasteiger partial charge on any atom is 0.306 e. The highest BCUT2D eigenvalue weighted by Crippen LogP contribution is 2.17. The fraction of sp³-hybridized carbons (Fsp3) is 0.500. The molecule has 0 saturated carbocycles. The van der Waals surface area contributed by atoms with Gasteiger partial charge in [-0.1, -0.05) is 73.5 Å². The molecule has 0 aliphatic heterocycles. The topological polar surface area (TPSA) is 52.6 Å². The van der Waals surface area contributed by atoms with Crippen LogP contribution in [-0.4, -0.2) is 23.1 Å². The molecule has 0 N–H and O–H groups in total. The van der Waals surface area contributed by atoms with E-state index in [1.807, 2.05) is 41.5 Å². The Labute approximate surface area is 240 Å². The van der Waals surface area contributed by atoms with Crippen molar-refractivity contribution in [1.29, 1.82) is 0 Å². The van der Waals surface area contributed by atoms with Crippen molar-refractivity contribution in [1.82, 2.24) is 0 Å². The predicted octanol–water partition coefficient (Wildman–Crippen LogP) is 8.14. The van der Waals surface area contributed by atoms with Crippen LogP contribution in [0.2, 0.25) is 0 Å². The summed E-state index contributed by atoms with van der Waals surface area (Å²) < 4.78 is 10.9. The van der Waals surface area contributed by atoms with Crippen LogP contribution in [0.5, 0.6) is 0 Å². The van der Waals surface area contributed by atoms with E-state index in [9.17, 15) is 9.59 Å². The first-order valence-electron chi connectivity index (χ1n) is 15.0. The van der Waals surface area contributed by atoms with Crippen LogP contribution in [0.25, 0.3) is 33.7 Å². The minimum atomic E-state index is -0.418. The lowest BCUT2D eigenvalue weighted by molar-refractivity contribution is -0.156. The quantitative estimate of drug-likeness (QED) is 0.131. The Morgan fingerprint density at radius 1 is 0.550 bits per heavy atom. The van der Waals surface area contributed by atoms with E-state index in [1.165, 1.54) is 32.0 Å². The standard InChI is InChI=1S/C36H48O4/c1-35(2,3)39-33(37)25-13-9-7-11-19-27-29-21-15-17-23-31(29)28(32-24-18-16-22-30(27)32)20-12-8-10-14-26-34(38)40-36(4,5)6/h15-24H,7-14,25-26H2,1-6H3. The number of benzene rings is 3. The van der Waals surface area contributed by atoms with Gasteiger partial charge in [-0.15, -0.1) is 0 Å². The zero-order valence-corrected chi connectivity index (χ0v) is 25.5. The molecule has 4 heteroatoms. The lowest BCUT2D eigenvalue weighted by Gasteiger charge is -2.19. The summed E-state index contributed by atoms with van der Waals surface area (Å²) in [5.41, 5.74) is -0.837. The Bertz CT molecular complexity index is 1230. The minimum Gasteiger partial charge on any atom is -0.460 e. The molecule has 0 bridgehead atoms. The van der Waals surface area contributed by atoms with Crippen molar-refractivity contribution in [2.45, 2.75) is 117 Å². The second kappa shape index (κ2) is 14.5. The molecule has 0 spiro atoms. The Balaban J connectivity index is 1.70. The lowest BCUT2D eigenvalue weighted by Crippen LogP contribution is -2.23. The number of carbonyl (C=O) groups excluding carboxylic acids is 2. The van der Waals surface area contributed by atoms with E-state index in [1.54, 1.807) is 0 Å². The summed E-state index contributed by atoms with van der Waals surface area (Å²) in [5, 5.41) is 7.73. The van der Waals surface area contributed by atoms with E-state index in [2.05, 4.69) is 60.7 Å². The molecule has 0 unspecified atom stereocenters. The van der Waals surface area contributed by atoms with E-state index < -0.39 is 11.2 Å². The van der Waals surface area contributed by atoms with Crippen molar-refractivity contribution in [3.8, 4) is 0 Å². The average molecular weight is 545 g/mol. The van der Waals surface area contributed by atoms with E-state index in [0.717, 1.165) is 51.4 Å². The number of fused-ring (bicyclic) bond motifs is 2. The van der Waals surface area contributed by atoms with E-state index in [-0.39, 0.29) is 11.9 Å². The van der Waals surface area contributed by atoms with Crippen LogP contribution in [0.1, 0.15) is 106 Å². The molecule has 0 fully saturated rings. The van der Waals surface area contributed by atoms with E-state index in [4.69, 9.17) is 9.47 Å². The largest absolute Gasteiger partial charge is 0.460 e. The van der Waals surface area contributed by atoms with Crippen molar-refractivity contribution in [3.63, 3.8) is 0 Å².